The summed E-state index contributed by atoms with van der Waals surface area (Å²) in [4.78, 5) is 4.66. The molecular weight excluding hydrogens is 300 g/mol. The number of likely N-dealkylation sites (tertiary alicyclic amines) is 1. The van der Waals surface area contributed by atoms with Gasteiger partial charge in [0.15, 0.2) is 0 Å². The van der Waals surface area contributed by atoms with Gasteiger partial charge in [-0.3, -0.25) is 4.90 Å². The topological polar surface area (TPSA) is 26.1 Å². The van der Waals surface area contributed by atoms with Crippen molar-refractivity contribution in [2.75, 3.05) is 40.9 Å². The molecule has 4 nitrogen and oxygen atoms in total. The summed E-state index contributed by atoms with van der Waals surface area (Å²) < 4.78 is 11.6. The Kier molecular flexibility index (Phi) is 4.94. The second-order valence-electron chi connectivity index (χ2n) is 8.98. The molecule has 0 aromatic rings. The molecule has 0 amide bonds. The van der Waals surface area contributed by atoms with Crippen molar-refractivity contribution in [2.45, 2.75) is 75.7 Å². The zero-order valence-corrected chi connectivity index (χ0v) is 15.9. The lowest BCUT2D eigenvalue weighted by molar-refractivity contribution is -0.940. The van der Waals surface area contributed by atoms with Gasteiger partial charge >= 0.3 is 0 Å². The lowest BCUT2D eigenvalue weighted by Crippen LogP contribution is -3.19. The minimum Gasteiger partial charge on any atom is -0.379 e. The van der Waals surface area contributed by atoms with E-state index in [9.17, 15) is 0 Å². The molecular formula is C20H37N2O2+. The van der Waals surface area contributed by atoms with Gasteiger partial charge in [0.1, 0.15) is 6.04 Å². The standard InChI is InChI=1S/C20H36N2O2/c1-21-12-9-20(15-7-8-17(23-2)18(14-15)24-3)10-13-22-11-5-4-6-16(22)19(20)21/h15-19H,4-14H2,1-3H3/p+1/t15?,16?,17?,18?,19-,20+/m0/s1. The first-order valence-corrected chi connectivity index (χ1v) is 10.3. The summed E-state index contributed by atoms with van der Waals surface area (Å²) >= 11 is 0. The number of nitrogens with zero attached hydrogens (tertiary/aromatic N) is 1. The maximum absolute atomic E-state index is 5.85. The van der Waals surface area contributed by atoms with Crippen LogP contribution < -0.4 is 4.90 Å². The molecule has 4 rings (SSSR count). The van der Waals surface area contributed by atoms with Crippen molar-refractivity contribution in [1.82, 2.24) is 4.90 Å². The minimum absolute atomic E-state index is 0.298. The molecule has 0 aromatic heterocycles. The number of ether oxygens (including phenoxy) is 2. The Hall–Kier alpha value is -0.160. The minimum atomic E-state index is 0.298. The summed E-state index contributed by atoms with van der Waals surface area (Å²) in [7, 11) is 6.13. The number of fused-ring (bicyclic) bond motifs is 3. The molecule has 7 atom stereocenters. The van der Waals surface area contributed by atoms with Gasteiger partial charge in [-0.05, 0) is 58.0 Å². The van der Waals surface area contributed by atoms with Crippen molar-refractivity contribution in [3.63, 3.8) is 0 Å². The zero-order valence-electron chi connectivity index (χ0n) is 15.9. The summed E-state index contributed by atoms with van der Waals surface area (Å²) in [6.07, 6.45) is 11.5. The number of nitrogens with one attached hydrogen (secondary N) is 1. The molecule has 3 heterocycles. The van der Waals surface area contributed by atoms with Crippen LogP contribution in [0.1, 0.15) is 51.4 Å². The molecule has 0 aromatic carbocycles. The highest BCUT2D eigenvalue weighted by molar-refractivity contribution is 5.08. The Balaban J connectivity index is 1.58. The monoisotopic (exact) mass is 337 g/mol. The van der Waals surface area contributed by atoms with E-state index >= 15 is 0 Å². The van der Waals surface area contributed by atoms with Crippen molar-refractivity contribution >= 4 is 0 Å². The number of methoxy groups -OCH3 is 2. The van der Waals surface area contributed by atoms with E-state index in [4.69, 9.17) is 9.47 Å². The van der Waals surface area contributed by atoms with Crippen LogP contribution in [-0.2, 0) is 9.47 Å². The van der Waals surface area contributed by atoms with E-state index in [-0.39, 0.29) is 0 Å². The maximum Gasteiger partial charge on any atom is 0.104 e. The number of hydrogen-bond donors (Lipinski definition) is 1. The van der Waals surface area contributed by atoms with Crippen LogP contribution in [0.15, 0.2) is 0 Å². The molecule has 1 N–H and O–H groups in total. The van der Waals surface area contributed by atoms with Gasteiger partial charge < -0.3 is 14.4 Å². The number of piperidine rings is 2. The van der Waals surface area contributed by atoms with Crippen LogP contribution >= 0.6 is 0 Å². The van der Waals surface area contributed by atoms with Crippen LogP contribution in [0.4, 0.5) is 0 Å². The van der Waals surface area contributed by atoms with Gasteiger partial charge in [-0.15, -0.1) is 0 Å². The average molecular weight is 338 g/mol. The number of hydrogen-bond acceptors (Lipinski definition) is 3. The SMILES string of the molecule is COC1CCC([C@]23CCN(C)[C@H]2C2CCCC[NH+]2CC3)CC1OC. The van der Waals surface area contributed by atoms with Crippen LogP contribution in [0.25, 0.3) is 0 Å². The Morgan fingerprint density at radius 3 is 2.58 bits per heavy atom. The predicted molar refractivity (Wildman–Crippen MR) is 95.4 cm³/mol. The van der Waals surface area contributed by atoms with Gasteiger partial charge in [-0.25, -0.2) is 0 Å². The fourth-order valence-electron chi connectivity index (χ4n) is 7.07. The van der Waals surface area contributed by atoms with Gasteiger partial charge in [-0.1, -0.05) is 0 Å². The fraction of sp³-hybridized carbons (Fsp3) is 1.00. The average Bonchev–Trinajstić information content (AvgIpc) is 2.99. The first-order valence-electron chi connectivity index (χ1n) is 10.3. The molecule has 5 unspecified atom stereocenters. The molecule has 24 heavy (non-hydrogen) atoms. The van der Waals surface area contributed by atoms with Crippen molar-refractivity contribution in [3.05, 3.63) is 0 Å². The highest BCUT2D eigenvalue weighted by Crippen LogP contribution is 2.53. The van der Waals surface area contributed by atoms with E-state index in [1.807, 2.05) is 19.1 Å². The second-order valence-corrected chi connectivity index (χ2v) is 8.98. The largest absolute Gasteiger partial charge is 0.379 e. The molecule has 4 fully saturated rings. The Labute approximate surface area is 147 Å². The van der Waals surface area contributed by atoms with Gasteiger partial charge in [0.2, 0.25) is 0 Å². The molecule has 1 saturated carbocycles. The molecule has 138 valence electrons. The van der Waals surface area contributed by atoms with Crippen molar-refractivity contribution < 1.29 is 14.4 Å². The lowest BCUT2D eigenvalue weighted by atomic mass is 9.58. The molecule has 0 spiro atoms. The number of rotatable bonds is 3. The lowest BCUT2D eigenvalue weighted by Gasteiger charge is -2.55. The third-order valence-corrected chi connectivity index (χ3v) is 8.22. The quantitative estimate of drug-likeness (QED) is 0.842. The molecule has 0 bridgehead atoms. The fourth-order valence-corrected chi connectivity index (χ4v) is 7.07. The van der Waals surface area contributed by atoms with Crippen molar-refractivity contribution in [2.24, 2.45) is 11.3 Å². The molecule has 0 radical (unpaired) electrons. The predicted octanol–water partition coefficient (Wildman–Crippen LogP) is 1.35. The van der Waals surface area contributed by atoms with E-state index in [0.29, 0.717) is 17.6 Å². The Bertz CT molecular complexity index is 445. The van der Waals surface area contributed by atoms with Crippen molar-refractivity contribution in [1.29, 1.82) is 0 Å². The maximum atomic E-state index is 5.85. The normalized spacial score (nSPS) is 49.6. The smallest absolute Gasteiger partial charge is 0.104 e. The molecule has 3 saturated heterocycles. The Morgan fingerprint density at radius 1 is 0.958 bits per heavy atom. The first-order chi connectivity index (χ1) is 11.7. The Morgan fingerprint density at radius 2 is 1.79 bits per heavy atom. The molecule has 1 aliphatic carbocycles. The van der Waals surface area contributed by atoms with E-state index in [1.165, 1.54) is 71.0 Å². The summed E-state index contributed by atoms with van der Waals surface area (Å²) in [5, 5.41) is 0. The van der Waals surface area contributed by atoms with Gasteiger partial charge in [-0.2, -0.15) is 0 Å². The first kappa shape index (κ1) is 17.3. The van der Waals surface area contributed by atoms with Crippen LogP contribution in [0.2, 0.25) is 0 Å². The third kappa shape index (κ3) is 2.65. The van der Waals surface area contributed by atoms with Gasteiger partial charge in [0.25, 0.3) is 0 Å². The summed E-state index contributed by atoms with van der Waals surface area (Å²) in [5.41, 5.74) is 0.551. The zero-order chi connectivity index (χ0) is 16.7. The second kappa shape index (κ2) is 6.86. The van der Waals surface area contributed by atoms with Crippen LogP contribution in [-0.4, -0.2) is 70.1 Å². The third-order valence-electron chi connectivity index (χ3n) is 8.22. The molecule has 4 aliphatic rings. The molecule has 4 heteroatoms. The number of quaternary nitrogens is 1. The van der Waals surface area contributed by atoms with E-state index in [2.05, 4.69) is 11.9 Å². The van der Waals surface area contributed by atoms with Crippen LogP contribution in [0, 0.1) is 11.3 Å². The van der Waals surface area contributed by atoms with E-state index < -0.39 is 0 Å². The highest BCUT2D eigenvalue weighted by atomic mass is 16.5. The van der Waals surface area contributed by atoms with Crippen LogP contribution in [0.3, 0.4) is 0 Å². The molecule has 3 aliphatic heterocycles. The number of likely N-dealkylation sites (N-methyl/N-ethyl adjacent to an activating group) is 1. The van der Waals surface area contributed by atoms with E-state index in [1.54, 1.807) is 0 Å². The summed E-state index contributed by atoms with van der Waals surface area (Å²) in [6.45, 7) is 4.13. The van der Waals surface area contributed by atoms with Crippen LogP contribution in [0.5, 0.6) is 0 Å². The van der Waals surface area contributed by atoms with Gasteiger partial charge in [0.05, 0.1) is 31.3 Å². The highest BCUT2D eigenvalue weighted by Gasteiger charge is 2.60. The summed E-state index contributed by atoms with van der Waals surface area (Å²) in [5.74, 6) is 0.826. The van der Waals surface area contributed by atoms with Crippen molar-refractivity contribution in [3.8, 4) is 0 Å². The summed E-state index contributed by atoms with van der Waals surface area (Å²) in [6, 6.07) is 1.70. The van der Waals surface area contributed by atoms with Gasteiger partial charge in [0, 0.05) is 32.5 Å². The van der Waals surface area contributed by atoms with E-state index in [0.717, 1.165) is 18.0 Å².